The maximum Gasteiger partial charge on any atom is 0.312 e. The summed E-state index contributed by atoms with van der Waals surface area (Å²) in [6.45, 7) is 4.31. The summed E-state index contributed by atoms with van der Waals surface area (Å²) >= 11 is 0.832. The summed E-state index contributed by atoms with van der Waals surface area (Å²) in [5.74, 6) is 0.310. The van der Waals surface area contributed by atoms with E-state index in [4.69, 9.17) is 15.2 Å². The molecular formula is C26H30N4O6S. The van der Waals surface area contributed by atoms with Crippen molar-refractivity contribution in [2.45, 2.75) is 26.3 Å². The van der Waals surface area contributed by atoms with Crippen molar-refractivity contribution in [1.82, 2.24) is 15.5 Å². The second-order valence-corrected chi connectivity index (χ2v) is 9.14. The van der Waals surface area contributed by atoms with E-state index < -0.39 is 23.2 Å². The topological polar surface area (TPSA) is 140 Å². The molecule has 0 aromatic heterocycles. The highest BCUT2D eigenvalue weighted by molar-refractivity contribution is 8.18. The number of methoxy groups -OCH3 is 1. The number of benzene rings is 2. The molecule has 196 valence electrons. The highest BCUT2D eigenvalue weighted by atomic mass is 32.2. The summed E-state index contributed by atoms with van der Waals surface area (Å²) in [6.07, 6.45) is 1.57. The summed E-state index contributed by atoms with van der Waals surface area (Å²) in [5.41, 5.74) is 7.66. The third-order valence-corrected chi connectivity index (χ3v) is 6.49. The van der Waals surface area contributed by atoms with Crippen LogP contribution in [0.25, 0.3) is 6.08 Å². The number of carbonyl (C=O) groups excluding carboxylic acids is 4. The van der Waals surface area contributed by atoms with E-state index in [0.29, 0.717) is 23.7 Å². The number of nitrogens with two attached hydrogens (primary N) is 1. The van der Waals surface area contributed by atoms with Crippen molar-refractivity contribution >= 4 is 40.9 Å². The van der Waals surface area contributed by atoms with Gasteiger partial charge in [-0.3, -0.25) is 19.3 Å². The highest BCUT2D eigenvalue weighted by Crippen LogP contribution is 2.34. The number of nitrogens with one attached hydrogen (secondary N) is 2. The number of hydrogen-bond acceptors (Lipinski definition) is 7. The van der Waals surface area contributed by atoms with Crippen molar-refractivity contribution in [2.75, 3.05) is 26.8 Å². The number of amides is 5. The minimum atomic E-state index is -0.740. The Morgan fingerprint density at radius 2 is 1.92 bits per heavy atom. The molecule has 11 heteroatoms. The molecule has 0 spiro atoms. The van der Waals surface area contributed by atoms with Crippen molar-refractivity contribution in [3.05, 3.63) is 64.1 Å². The first-order valence-electron chi connectivity index (χ1n) is 11.7. The van der Waals surface area contributed by atoms with Crippen LogP contribution in [0.5, 0.6) is 11.5 Å². The number of nitrogens with zero attached hydrogens (tertiary/aromatic N) is 1. The third-order valence-electron chi connectivity index (χ3n) is 5.59. The summed E-state index contributed by atoms with van der Waals surface area (Å²) in [6, 6.07) is 11.3. The Hall–Kier alpha value is -3.99. The third kappa shape index (κ3) is 7.26. The largest absolute Gasteiger partial charge is 0.493 e. The molecule has 1 aliphatic heterocycles. The van der Waals surface area contributed by atoms with E-state index in [-0.39, 0.29) is 30.3 Å². The number of aryl methyl sites for hydroxylation is 1. The molecule has 1 atom stereocenters. The molecule has 1 saturated heterocycles. The van der Waals surface area contributed by atoms with Gasteiger partial charge in [0, 0.05) is 13.1 Å². The number of thioether (sulfide) groups is 1. The number of primary amides is 1. The molecule has 2 aromatic rings. The van der Waals surface area contributed by atoms with Crippen molar-refractivity contribution in [3.63, 3.8) is 0 Å². The highest BCUT2D eigenvalue weighted by Gasteiger charge is 2.34. The SMILES string of the molecule is CCOc1ccc(/C=C2/SC(=O)N(CCNC(=O)C[C@@H](NC(N)=O)c3ccccc3C)C2=O)cc1OC. The first kappa shape index (κ1) is 27.6. The predicted molar refractivity (Wildman–Crippen MR) is 141 cm³/mol. The number of urea groups is 1. The van der Waals surface area contributed by atoms with Crippen LogP contribution in [0.4, 0.5) is 9.59 Å². The molecule has 4 N–H and O–H groups in total. The number of imide groups is 1. The van der Waals surface area contributed by atoms with Crippen molar-refractivity contribution in [1.29, 1.82) is 0 Å². The Kier molecular flexibility index (Phi) is 9.56. The van der Waals surface area contributed by atoms with Gasteiger partial charge in [-0.25, -0.2) is 4.79 Å². The molecule has 1 fully saturated rings. The van der Waals surface area contributed by atoms with Gasteiger partial charge < -0.3 is 25.8 Å². The number of hydrogen-bond donors (Lipinski definition) is 3. The van der Waals surface area contributed by atoms with Gasteiger partial charge in [-0.15, -0.1) is 0 Å². The van der Waals surface area contributed by atoms with Gasteiger partial charge >= 0.3 is 6.03 Å². The van der Waals surface area contributed by atoms with Crippen LogP contribution in [0.15, 0.2) is 47.4 Å². The smallest absolute Gasteiger partial charge is 0.312 e. The van der Waals surface area contributed by atoms with E-state index in [1.165, 1.54) is 7.11 Å². The van der Waals surface area contributed by atoms with Crippen LogP contribution in [0.1, 0.15) is 36.1 Å². The van der Waals surface area contributed by atoms with E-state index in [1.807, 2.05) is 38.1 Å². The Labute approximate surface area is 219 Å². The predicted octanol–water partition coefficient (Wildman–Crippen LogP) is 3.35. The molecular weight excluding hydrogens is 496 g/mol. The van der Waals surface area contributed by atoms with Gasteiger partial charge in [-0.05, 0) is 60.5 Å². The van der Waals surface area contributed by atoms with E-state index in [0.717, 1.165) is 27.8 Å². The number of carbonyl (C=O) groups is 4. The van der Waals surface area contributed by atoms with Crippen LogP contribution in [0.3, 0.4) is 0 Å². The Bertz CT molecular complexity index is 1220. The van der Waals surface area contributed by atoms with Crippen molar-refractivity contribution in [3.8, 4) is 11.5 Å². The summed E-state index contributed by atoms with van der Waals surface area (Å²) in [5, 5.41) is 4.88. The van der Waals surface area contributed by atoms with Gasteiger partial charge in [-0.1, -0.05) is 30.3 Å². The second kappa shape index (κ2) is 12.8. The van der Waals surface area contributed by atoms with Gasteiger partial charge in [0.15, 0.2) is 11.5 Å². The zero-order valence-corrected chi connectivity index (χ0v) is 21.7. The van der Waals surface area contributed by atoms with Gasteiger partial charge in [-0.2, -0.15) is 0 Å². The Balaban J connectivity index is 1.59. The summed E-state index contributed by atoms with van der Waals surface area (Å²) in [7, 11) is 1.52. The molecule has 0 aliphatic carbocycles. The van der Waals surface area contributed by atoms with Gasteiger partial charge in [0.1, 0.15) is 0 Å². The molecule has 1 aliphatic rings. The number of ether oxygens (including phenoxy) is 2. The van der Waals surface area contributed by atoms with Crippen molar-refractivity contribution in [2.24, 2.45) is 5.73 Å². The minimum absolute atomic E-state index is 0.0125. The van der Waals surface area contributed by atoms with Gasteiger partial charge in [0.2, 0.25) is 5.91 Å². The minimum Gasteiger partial charge on any atom is -0.493 e. The van der Waals surface area contributed by atoms with E-state index in [1.54, 1.807) is 24.3 Å². The van der Waals surface area contributed by atoms with Gasteiger partial charge in [0.25, 0.3) is 11.1 Å². The average molecular weight is 527 g/mol. The first-order chi connectivity index (χ1) is 17.7. The molecule has 1 heterocycles. The quantitative estimate of drug-likeness (QED) is 0.382. The van der Waals surface area contributed by atoms with Crippen LogP contribution >= 0.6 is 11.8 Å². The van der Waals surface area contributed by atoms with Crippen LogP contribution < -0.4 is 25.8 Å². The average Bonchev–Trinajstić information content (AvgIpc) is 3.12. The van der Waals surface area contributed by atoms with Crippen LogP contribution in [-0.4, -0.2) is 54.8 Å². The molecule has 37 heavy (non-hydrogen) atoms. The fourth-order valence-electron chi connectivity index (χ4n) is 3.85. The fourth-order valence-corrected chi connectivity index (χ4v) is 4.71. The lowest BCUT2D eigenvalue weighted by atomic mass is 9.98. The Morgan fingerprint density at radius 3 is 2.59 bits per heavy atom. The lowest BCUT2D eigenvalue weighted by molar-refractivity contribution is -0.124. The monoisotopic (exact) mass is 526 g/mol. The lowest BCUT2D eigenvalue weighted by Gasteiger charge is -2.20. The molecule has 10 nitrogen and oxygen atoms in total. The van der Waals surface area contributed by atoms with Crippen LogP contribution in [0, 0.1) is 6.92 Å². The maximum atomic E-state index is 12.8. The zero-order valence-electron chi connectivity index (χ0n) is 20.9. The normalized spacial score (nSPS) is 15.0. The summed E-state index contributed by atoms with van der Waals surface area (Å²) in [4.78, 5) is 50.7. The first-order valence-corrected chi connectivity index (χ1v) is 12.5. The lowest BCUT2D eigenvalue weighted by Crippen LogP contribution is -2.40. The van der Waals surface area contributed by atoms with Crippen molar-refractivity contribution < 1.29 is 28.7 Å². The van der Waals surface area contributed by atoms with E-state index in [2.05, 4.69) is 10.6 Å². The van der Waals surface area contributed by atoms with E-state index in [9.17, 15) is 19.2 Å². The molecule has 0 bridgehead atoms. The van der Waals surface area contributed by atoms with Gasteiger partial charge in [0.05, 0.1) is 31.1 Å². The molecule has 0 unspecified atom stereocenters. The molecule has 5 amide bonds. The molecule has 2 aromatic carbocycles. The molecule has 0 saturated carbocycles. The van der Waals surface area contributed by atoms with Crippen LogP contribution in [-0.2, 0) is 9.59 Å². The zero-order chi connectivity index (χ0) is 26.9. The number of rotatable bonds is 11. The second-order valence-electron chi connectivity index (χ2n) is 8.15. The molecule has 0 radical (unpaired) electrons. The molecule has 3 rings (SSSR count). The standard InChI is InChI=1S/C26H30N4O6S/c1-4-36-20-10-9-17(13-21(20)35-3)14-22-24(32)30(26(34)37-22)12-11-28-23(31)15-19(29-25(27)33)18-8-6-5-7-16(18)2/h5-10,13-14,19H,4,11-12,15H2,1-3H3,(H,28,31)(H3,27,29,33)/b22-14+/t19-/m1/s1. The van der Waals surface area contributed by atoms with E-state index >= 15 is 0 Å². The Morgan fingerprint density at radius 1 is 1.16 bits per heavy atom. The van der Waals surface area contributed by atoms with Crippen LogP contribution in [0.2, 0.25) is 0 Å². The fraction of sp³-hybridized carbons (Fsp3) is 0.308. The maximum absolute atomic E-state index is 12.8. The summed E-state index contributed by atoms with van der Waals surface area (Å²) < 4.78 is 10.8.